The van der Waals surface area contributed by atoms with Crippen LogP contribution >= 0.6 is 22.9 Å². The van der Waals surface area contributed by atoms with Crippen molar-refractivity contribution in [2.24, 2.45) is 0 Å². The van der Waals surface area contributed by atoms with Crippen molar-refractivity contribution >= 4 is 45.4 Å². The van der Waals surface area contributed by atoms with Gasteiger partial charge in [0.25, 0.3) is 5.91 Å². The van der Waals surface area contributed by atoms with E-state index in [9.17, 15) is 9.18 Å². The third-order valence-corrected chi connectivity index (χ3v) is 7.87. The van der Waals surface area contributed by atoms with Crippen molar-refractivity contribution < 1.29 is 9.18 Å². The molecular formula is C28H27ClFN3OS. The van der Waals surface area contributed by atoms with Gasteiger partial charge in [0.1, 0.15) is 5.82 Å². The summed E-state index contributed by atoms with van der Waals surface area (Å²) in [5.41, 5.74) is 4.22. The zero-order valence-corrected chi connectivity index (χ0v) is 21.2. The average Bonchev–Trinajstić information content (AvgIpc) is 3.12. The Morgan fingerprint density at radius 1 is 1.09 bits per heavy atom. The van der Waals surface area contributed by atoms with Crippen LogP contribution in [0.3, 0.4) is 0 Å². The number of nitrogens with zero attached hydrogens (tertiary/aromatic N) is 2. The number of likely N-dealkylation sites (tertiary alicyclic amines) is 1. The zero-order chi connectivity index (χ0) is 24.4. The van der Waals surface area contributed by atoms with Crippen LogP contribution in [0.5, 0.6) is 0 Å². The highest BCUT2D eigenvalue weighted by molar-refractivity contribution is 7.19. The molecule has 35 heavy (non-hydrogen) atoms. The van der Waals surface area contributed by atoms with Crippen molar-refractivity contribution in [3.05, 3.63) is 81.6 Å². The van der Waals surface area contributed by atoms with Crippen molar-refractivity contribution in [2.45, 2.75) is 39.2 Å². The number of carbonyl (C=O) groups excluding carboxylic acids is 1. The molecule has 0 unspecified atom stereocenters. The topological polar surface area (TPSA) is 45.2 Å². The molecule has 0 radical (unpaired) electrons. The van der Waals surface area contributed by atoms with Gasteiger partial charge in [0.2, 0.25) is 0 Å². The lowest BCUT2D eigenvalue weighted by atomic mass is 10.1. The van der Waals surface area contributed by atoms with E-state index < -0.39 is 11.7 Å². The second kappa shape index (κ2) is 10.4. The Labute approximate surface area is 213 Å². The predicted molar refractivity (Wildman–Crippen MR) is 143 cm³/mol. The van der Waals surface area contributed by atoms with Crippen LogP contribution in [0.25, 0.3) is 21.3 Å². The summed E-state index contributed by atoms with van der Waals surface area (Å²) >= 11 is 7.36. The molecule has 1 fully saturated rings. The molecule has 2 aromatic carbocycles. The quantitative estimate of drug-likeness (QED) is 0.301. The lowest BCUT2D eigenvalue weighted by Gasteiger charge is -2.20. The number of carbonyl (C=O) groups is 1. The monoisotopic (exact) mass is 507 g/mol. The van der Waals surface area contributed by atoms with Crippen LogP contribution in [0.15, 0.2) is 54.7 Å². The normalized spacial score (nSPS) is 14.7. The van der Waals surface area contributed by atoms with Crippen LogP contribution in [0.4, 0.5) is 10.1 Å². The molecule has 0 aliphatic carbocycles. The number of benzene rings is 2. The van der Waals surface area contributed by atoms with E-state index >= 15 is 0 Å². The number of halogens is 2. The number of rotatable bonds is 5. The molecule has 0 atom stereocenters. The number of pyridine rings is 1. The SMILES string of the molecule is Cc1c(NC(=O)c2ccc(-c3ccc(Cl)s3)cc2F)ccc2cc(CN3CCCCCC3)cnc12. The fraction of sp³-hybridized carbons (Fsp3) is 0.286. The molecule has 5 rings (SSSR count). The largest absolute Gasteiger partial charge is 0.322 e. The lowest BCUT2D eigenvalue weighted by molar-refractivity contribution is 0.102. The first kappa shape index (κ1) is 23.9. The van der Waals surface area contributed by atoms with Gasteiger partial charge < -0.3 is 5.32 Å². The summed E-state index contributed by atoms with van der Waals surface area (Å²) in [4.78, 5) is 21.0. The van der Waals surface area contributed by atoms with Gasteiger partial charge in [-0.15, -0.1) is 11.3 Å². The number of amides is 1. The highest BCUT2D eigenvalue weighted by Gasteiger charge is 2.16. The molecule has 0 saturated carbocycles. The Hall–Kier alpha value is -2.80. The molecule has 0 bridgehead atoms. The smallest absolute Gasteiger partial charge is 0.258 e. The maximum Gasteiger partial charge on any atom is 0.258 e. The Morgan fingerprint density at radius 3 is 2.60 bits per heavy atom. The Balaban J connectivity index is 1.33. The average molecular weight is 508 g/mol. The third-order valence-electron chi connectivity index (χ3n) is 6.59. The summed E-state index contributed by atoms with van der Waals surface area (Å²) in [5, 5.41) is 3.90. The van der Waals surface area contributed by atoms with Crippen LogP contribution in [0.2, 0.25) is 4.34 Å². The Kier molecular flexibility index (Phi) is 7.14. The number of aromatic nitrogens is 1. The van der Waals surface area contributed by atoms with Gasteiger partial charge >= 0.3 is 0 Å². The lowest BCUT2D eigenvalue weighted by Crippen LogP contribution is -2.24. The molecular weight excluding hydrogens is 481 g/mol. The van der Waals surface area contributed by atoms with Crippen molar-refractivity contribution in [3.63, 3.8) is 0 Å². The second-order valence-electron chi connectivity index (χ2n) is 9.10. The first-order chi connectivity index (χ1) is 17.0. The van der Waals surface area contributed by atoms with Crippen LogP contribution in [0.1, 0.15) is 47.2 Å². The van der Waals surface area contributed by atoms with Crippen molar-refractivity contribution in [2.75, 3.05) is 18.4 Å². The first-order valence-corrected chi connectivity index (χ1v) is 13.1. The number of anilines is 1. The van der Waals surface area contributed by atoms with Gasteiger partial charge in [-0.2, -0.15) is 0 Å². The first-order valence-electron chi connectivity index (χ1n) is 11.9. The van der Waals surface area contributed by atoms with E-state index in [0.717, 1.165) is 41.0 Å². The fourth-order valence-electron chi connectivity index (χ4n) is 4.68. The van der Waals surface area contributed by atoms with Crippen LogP contribution in [-0.4, -0.2) is 28.9 Å². The molecule has 4 aromatic rings. The highest BCUT2D eigenvalue weighted by Crippen LogP contribution is 2.32. The minimum absolute atomic E-state index is 0.00310. The molecule has 1 saturated heterocycles. The number of aryl methyl sites for hydroxylation is 1. The molecule has 0 spiro atoms. The molecule has 1 amide bonds. The standard InChI is InChI=1S/C28H27ClFN3OS/c1-18-24(32-28(34)22-8-6-20(15-23(22)30)25-10-11-26(29)35-25)9-7-21-14-19(16-31-27(18)21)17-33-12-4-2-3-5-13-33/h6-11,14-16H,2-5,12-13,17H2,1H3,(H,32,34). The van der Waals surface area contributed by atoms with E-state index in [1.807, 2.05) is 31.3 Å². The van der Waals surface area contributed by atoms with E-state index in [4.69, 9.17) is 16.6 Å². The summed E-state index contributed by atoms with van der Waals surface area (Å²) in [5.74, 6) is -1.06. The van der Waals surface area contributed by atoms with Gasteiger partial charge in [-0.3, -0.25) is 14.7 Å². The van der Waals surface area contributed by atoms with Crippen molar-refractivity contribution in [1.29, 1.82) is 0 Å². The maximum atomic E-state index is 14.8. The summed E-state index contributed by atoms with van der Waals surface area (Å²) in [6.07, 6.45) is 7.08. The van der Waals surface area contributed by atoms with Gasteiger partial charge in [-0.25, -0.2) is 4.39 Å². The summed E-state index contributed by atoms with van der Waals surface area (Å²) in [6, 6.07) is 14.3. The predicted octanol–water partition coefficient (Wildman–Crippen LogP) is 7.69. The molecule has 1 aliphatic heterocycles. The van der Waals surface area contributed by atoms with E-state index in [0.29, 0.717) is 15.6 Å². The van der Waals surface area contributed by atoms with Crippen molar-refractivity contribution in [1.82, 2.24) is 9.88 Å². The molecule has 180 valence electrons. The number of nitrogens with one attached hydrogen (secondary N) is 1. The van der Waals surface area contributed by atoms with E-state index in [-0.39, 0.29) is 5.56 Å². The number of fused-ring (bicyclic) bond motifs is 1. The van der Waals surface area contributed by atoms with Crippen LogP contribution in [-0.2, 0) is 6.54 Å². The minimum atomic E-state index is -0.570. The van der Waals surface area contributed by atoms with E-state index in [1.165, 1.54) is 54.7 Å². The van der Waals surface area contributed by atoms with Gasteiger partial charge in [-0.1, -0.05) is 36.6 Å². The maximum absolute atomic E-state index is 14.8. The highest BCUT2D eigenvalue weighted by atomic mass is 35.5. The summed E-state index contributed by atoms with van der Waals surface area (Å²) in [6.45, 7) is 5.12. The molecule has 3 heterocycles. The summed E-state index contributed by atoms with van der Waals surface area (Å²) < 4.78 is 15.4. The molecule has 1 aliphatic rings. The van der Waals surface area contributed by atoms with Gasteiger partial charge in [0, 0.05) is 28.7 Å². The van der Waals surface area contributed by atoms with E-state index in [1.54, 1.807) is 12.1 Å². The van der Waals surface area contributed by atoms with Crippen LogP contribution < -0.4 is 5.32 Å². The number of thiophene rings is 1. The van der Waals surface area contributed by atoms with Crippen LogP contribution in [0, 0.1) is 12.7 Å². The van der Waals surface area contributed by atoms with Gasteiger partial charge in [0.05, 0.1) is 15.4 Å². The van der Waals surface area contributed by atoms with Gasteiger partial charge in [-0.05, 0) is 85.9 Å². The minimum Gasteiger partial charge on any atom is -0.322 e. The second-order valence-corrected chi connectivity index (χ2v) is 10.8. The Morgan fingerprint density at radius 2 is 1.89 bits per heavy atom. The third kappa shape index (κ3) is 5.40. The molecule has 4 nitrogen and oxygen atoms in total. The summed E-state index contributed by atoms with van der Waals surface area (Å²) in [7, 11) is 0. The zero-order valence-electron chi connectivity index (χ0n) is 19.6. The molecule has 2 aromatic heterocycles. The molecule has 7 heteroatoms. The van der Waals surface area contributed by atoms with Gasteiger partial charge in [0.15, 0.2) is 0 Å². The Bertz CT molecular complexity index is 1380. The number of hydrogen-bond donors (Lipinski definition) is 1. The van der Waals surface area contributed by atoms with Crippen molar-refractivity contribution in [3.8, 4) is 10.4 Å². The van der Waals surface area contributed by atoms with E-state index in [2.05, 4.69) is 16.3 Å². The molecule has 1 N–H and O–H groups in total. The number of hydrogen-bond acceptors (Lipinski definition) is 4. The fourth-order valence-corrected chi connectivity index (χ4v) is 5.72.